The first-order chi connectivity index (χ1) is 16.3. The molecule has 0 aliphatic carbocycles. The molecule has 3 heteroatoms. The van der Waals surface area contributed by atoms with Crippen molar-refractivity contribution in [3.8, 4) is 5.75 Å². The van der Waals surface area contributed by atoms with Gasteiger partial charge < -0.3 is 9.64 Å². The Bertz CT molecular complexity index is 1400. The molecule has 6 rings (SSSR count). The van der Waals surface area contributed by atoms with Crippen molar-refractivity contribution < 1.29 is 4.74 Å². The molecule has 0 N–H and O–H groups in total. The molecule has 5 aromatic rings. The molecule has 160 valence electrons. The number of nitrogens with zero attached hydrogens (tertiary/aromatic N) is 1. The summed E-state index contributed by atoms with van der Waals surface area (Å²) in [6, 6.07) is 42.6. The first-order valence-corrected chi connectivity index (χ1v) is 11.9. The third kappa shape index (κ3) is 3.59. The highest BCUT2D eigenvalue weighted by Gasteiger charge is 2.38. The van der Waals surface area contributed by atoms with Crippen molar-refractivity contribution in [3.05, 3.63) is 142 Å². The van der Waals surface area contributed by atoms with Crippen LogP contribution >= 0.6 is 15.9 Å². The van der Waals surface area contributed by atoms with E-state index in [1.807, 2.05) is 6.07 Å². The van der Waals surface area contributed by atoms with Crippen LogP contribution in [-0.2, 0) is 0 Å². The normalized spacial score (nSPS) is 17.4. The molecule has 0 radical (unpaired) electrons. The van der Waals surface area contributed by atoms with E-state index in [-0.39, 0.29) is 12.3 Å². The third-order valence-electron chi connectivity index (χ3n) is 6.30. The Morgan fingerprint density at radius 1 is 0.606 bits per heavy atom. The first kappa shape index (κ1) is 20.1. The van der Waals surface area contributed by atoms with Gasteiger partial charge in [0.15, 0.2) is 6.23 Å². The Kier molecular flexibility index (Phi) is 5.12. The highest BCUT2D eigenvalue weighted by molar-refractivity contribution is 9.10. The molecule has 0 bridgehead atoms. The van der Waals surface area contributed by atoms with Crippen LogP contribution in [-0.4, -0.2) is 0 Å². The molecule has 0 aromatic heterocycles. The number of anilines is 1. The summed E-state index contributed by atoms with van der Waals surface area (Å²) in [6.07, 6.45) is -0.258. The molecule has 0 saturated carbocycles. The second-order valence-electron chi connectivity index (χ2n) is 8.28. The lowest BCUT2D eigenvalue weighted by atomic mass is 9.89. The van der Waals surface area contributed by atoms with Crippen molar-refractivity contribution in [3.63, 3.8) is 0 Å². The number of halogens is 1. The molecule has 0 fully saturated rings. The Labute approximate surface area is 202 Å². The van der Waals surface area contributed by atoms with E-state index in [4.69, 9.17) is 4.74 Å². The van der Waals surface area contributed by atoms with Gasteiger partial charge in [-0.3, -0.25) is 0 Å². The van der Waals surface area contributed by atoms with Gasteiger partial charge in [0, 0.05) is 21.3 Å². The largest absolute Gasteiger partial charge is 0.466 e. The summed E-state index contributed by atoms with van der Waals surface area (Å²) < 4.78 is 7.85. The van der Waals surface area contributed by atoms with Gasteiger partial charge in [0.2, 0.25) is 0 Å². The summed E-state index contributed by atoms with van der Waals surface area (Å²) >= 11 is 3.60. The molecule has 0 unspecified atom stereocenters. The molecule has 1 aliphatic heterocycles. The monoisotopic (exact) mass is 491 g/mol. The van der Waals surface area contributed by atoms with E-state index in [0.717, 1.165) is 21.5 Å². The van der Waals surface area contributed by atoms with Crippen molar-refractivity contribution in [1.29, 1.82) is 0 Å². The lowest BCUT2D eigenvalue weighted by Gasteiger charge is -2.45. The van der Waals surface area contributed by atoms with Crippen LogP contribution in [0.1, 0.15) is 29.0 Å². The van der Waals surface area contributed by atoms with Crippen molar-refractivity contribution in [2.75, 3.05) is 4.90 Å². The van der Waals surface area contributed by atoms with E-state index in [2.05, 4.69) is 136 Å². The molecule has 1 aliphatic rings. The quantitative estimate of drug-likeness (QED) is 0.251. The second kappa shape index (κ2) is 8.42. The van der Waals surface area contributed by atoms with Gasteiger partial charge >= 0.3 is 0 Å². The number of benzene rings is 5. The average molecular weight is 492 g/mol. The minimum Gasteiger partial charge on any atom is -0.466 e. The zero-order valence-corrected chi connectivity index (χ0v) is 19.5. The summed E-state index contributed by atoms with van der Waals surface area (Å²) in [5.41, 5.74) is 4.68. The third-order valence-corrected chi connectivity index (χ3v) is 6.83. The topological polar surface area (TPSA) is 12.5 Å². The smallest absolute Gasteiger partial charge is 0.199 e. The second-order valence-corrected chi connectivity index (χ2v) is 9.19. The predicted molar refractivity (Wildman–Crippen MR) is 139 cm³/mol. The van der Waals surface area contributed by atoms with Crippen LogP contribution in [0.2, 0.25) is 0 Å². The summed E-state index contributed by atoms with van der Waals surface area (Å²) in [4.78, 5) is 2.41. The molecule has 5 aromatic carbocycles. The summed E-state index contributed by atoms with van der Waals surface area (Å²) in [5.74, 6) is 0.935. The van der Waals surface area contributed by atoms with Crippen molar-refractivity contribution in [2.45, 2.75) is 12.3 Å². The van der Waals surface area contributed by atoms with Crippen LogP contribution in [0.3, 0.4) is 0 Å². The van der Waals surface area contributed by atoms with E-state index in [0.29, 0.717) is 0 Å². The van der Waals surface area contributed by atoms with Crippen LogP contribution < -0.4 is 9.64 Å². The molecule has 0 saturated heterocycles. The SMILES string of the molecule is Brc1ccc(N2[C@H](c3ccccc3)c3c(ccc4ccccc34)O[C@@H]2c2ccccc2)cc1. The fraction of sp³-hybridized carbons (Fsp3) is 0.0667. The van der Waals surface area contributed by atoms with E-state index in [1.54, 1.807) is 0 Å². The number of fused-ring (bicyclic) bond motifs is 3. The molecule has 2 atom stereocenters. The first-order valence-electron chi connectivity index (χ1n) is 11.1. The molecular weight excluding hydrogens is 470 g/mol. The Balaban J connectivity index is 1.66. The van der Waals surface area contributed by atoms with Gasteiger partial charge in [-0.15, -0.1) is 0 Å². The van der Waals surface area contributed by atoms with Crippen molar-refractivity contribution in [2.24, 2.45) is 0 Å². The zero-order valence-electron chi connectivity index (χ0n) is 17.9. The highest BCUT2D eigenvalue weighted by atomic mass is 79.9. The maximum Gasteiger partial charge on any atom is 0.199 e. The molecule has 0 spiro atoms. The van der Waals surface area contributed by atoms with Crippen LogP contribution in [0.15, 0.2) is 126 Å². The highest BCUT2D eigenvalue weighted by Crippen LogP contribution is 2.50. The lowest BCUT2D eigenvalue weighted by Crippen LogP contribution is -2.40. The fourth-order valence-electron chi connectivity index (χ4n) is 4.82. The summed E-state index contributed by atoms with van der Waals surface area (Å²) in [5, 5.41) is 2.44. The summed E-state index contributed by atoms with van der Waals surface area (Å²) in [7, 11) is 0. The standard InChI is InChI=1S/C30H22BrNO/c31-24-16-18-25(19-17-24)32-29(22-10-3-1-4-11-22)28-26-14-8-7-9-21(26)15-20-27(28)33-30(32)23-12-5-2-6-13-23/h1-20,29-30H/t29-,30-/m1/s1. The number of rotatable bonds is 3. The Hall–Kier alpha value is -3.56. The van der Waals surface area contributed by atoms with E-state index in [9.17, 15) is 0 Å². The van der Waals surface area contributed by atoms with E-state index in [1.165, 1.54) is 21.9 Å². The van der Waals surface area contributed by atoms with Gasteiger partial charge in [0.1, 0.15) is 5.75 Å². The van der Waals surface area contributed by atoms with Crippen molar-refractivity contribution >= 4 is 32.4 Å². The average Bonchev–Trinajstić information content (AvgIpc) is 2.89. The number of hydrogen-bond acceptors (Lipinski definition) is 2. The maximum absolute atomic E-state index is 6.79. The lowest BCUT2D eigenvalue weighted by molar-refractivity contribution is 0.170. The molecule has 33 heavy (non-hydrogen) atoms. The van der Waals surface area contributed by atoms with Crippen LogP contribution in [0.4, 0.5) is 5.69 Å². The summed E-state index contributed by atoms with van der Waals surface area (Å²) in [6.45, 7) is 0. The zero-order chi connectivity index (χ0) is 22.2. The molecule has 0 amide bonds. The predicted octanol–water partition coefficient (Wildman–Crippen LogP) is 8.29. The minimum absolute atomic E-state index is 0.00701. The van der Waals surface area contributed by atoms with Crippen LogP contribution in [0, 0.1) is 0 Å². The fourth-order valence-corrected chi connectivity index (χ4v) is 5.08. The van der Waals surface area contributed by atoms with E-state index >= 15 is 0 Å². The minimum atomic E-state index is -0.258. The van der Waals surface area contributed by atoms with Crippen molar-refractivity contribution in [1.82, 2.24) is 0 Å². The Morgan fingerprint density at radius 3 is 1.97 bits per heavy atom. The van der Waals surface area contributed by atoms with Crippen LogP contribution in [0.5, 0.6) is 5.75 Å². The molecule has 1 heterocycles. The van der Waals surface area contributed by atoms with Gasteiger partial charge in [-0.1, -0.05) is 107 Å². The van der Waals surface area contributed by atoms with Gasteiger partial charge in [-0.25, -0.2) is 0 Å². The number of ether oxygens (including phenoxy) is 1. The van der Waals surface area contributed by atoms with Gasteiger partial charge in [0.25, 0.3) is 0 Å². The van der Waals surface area contributed by atoms with Gasteiger partial charge in [0.05, 0.1) is 6.04 Å². The maximum atomic E-state index is 6.79. The van der Waals surface area contributed by atoms with Gasteiger partial charge in [-0.05, 0) is 46.7 Å². The Morgan fingerprint density at radius 2 is 1.24 bits per heavy atom. The molecule has 2 nitrogen and oxygen atoms in total. The van der Waals surface area contributed by atoms with Crippen LogP contribution in [0.25, 0.3) is 10.8 Å². The molecular formula is C30H22BrNO. The van der Waals surface area contributed by atoms with E-state index < -0.39 is 0 Å². The van der Waals surface area contributed by atoms with Gasteiger partial charge in [-0.2, -0.15) is 0 Å². The number of hydrogen-bond donors (Lipinski definition) is 0.